The van der Waals surface area contributed by atoms with Crippen LogP contribution in [0.15, 0.2) is 24.3 Å². The molecule has 0 bridgehead atoms. The first kappa shape index (κ1) is 11.3. The van der Waals surface area contributed by atoms with Crippen molar-refractivity contribution in [3.8, 4) is 5.75 Å². The first-order valence-electron chi connectivity index (χ1n) is 6.18. The largest absolute Gasteiger partial charge is 0.497 e. The van der Waals surface area contributed by atoms with Crippen molar-refractivity contribution in [3.05, 3.63) is 24.3 Å². The highest BCUT2D eigenvalue weighted by Gasteiger charge is 2.17. The Morgan fingerprint density at radius 3 is 2.25 bits per heavy atom. The summed E-state index contributed by atoms with van der Waals surface area (Å²) >= 11 is 0. The van der Waals surface area contributed by atoms with Gasteiger partial charge >= 0.3 is 0 Å². The van der Waals surface area contributed by atoms with E-state index in [4.69, 9.17) is 4.74 Å². The van der Waals surface area contributed by atoms with Crippen molar-refractivity contribution in [1.29, 1.82) is 0 Å². The van der Waals surface area contributed by atoms with E-state index in [0.717, 1.165) is 11.8 Å². The van der Waals surface area contributed by atoms with Crippen LogP contribution in [0.25, 0.3) is 0 Å². The molecule has 1 saturated carbocycles. The molecule has 0 heterocycles. The molecule has 1 aliphatic carbocycles. The quantitative estimate of drug-likeness (QED) is 0.772. The third kappa shape index (κ3) is 2.49. The maximum atomic E-state index is 5.18. The Balaban J connectivity index is 2.04. The maximum absolute atomic E-state index is 5.18. The summed E-state index contributed by atoms with van der Waals surface area (Å²) in [4.78, 5) is 2.42. The molecule has 1 aromatic rings. The Morgan fingerprint density at radius 2 is 1.69 bits per heavy atom. The highest BCUT2D eigenvalue weighted by molar-refractivity contribution is 5.49. The third-order valence-electron chi connectivity index (χ3n) is 3.60. The van der Waals surface area contributed by atoms with Crippen molar-refractivity contribution >= 4 is 5.69 Å². The highest BCUT2D eigenvalue weighted by atomic mass is 16.5. The number of nitrogens with zero attached hydrogens (tertiary/aromatic N) is 1. The molecule has 0 aromatic heterocycles. The SMILES string of the molecule is COc1ccc(N(C)C2CCCCC2)cc1. The van der Waals surface area contributed by atoms with E-state index in [1.807, 2.05) is 12.1 Å². The van der Waals surface area contributed by atoms with Gasteiger partial charge in [0.15, 0.2) is 0 Å². The summed E-state index contributed by atoms with van der Waals surface area (Å²) in [5, 5.41) is 0. The van der Waals surface area contributed by atoms with E-state index in [-0.39, 0.29) is 0 Å². The van der Waals surface area contributed by atoms with Crippen LogP contribution in [0.5, 0.6) is 5.75 Å². The zero-order valence-electron chi connectivity index (χ0n) is 10.3. The van der Waals surface area contributed by atoms with E-state index >= 15 is 0 Å². The molecule has 1 aromatic carbocycles. The predicted octanol–water partition coefficient (Wildman–Crippen LogP) is 3.46. The maximum Gasteiger partial charge on any atom is 0.119 e. The fourth-order valence-corrected chi connectivity index (χ4v) is 2.50. The first-order valence-corrected chi connectivity index (χ1v) is 6.18. The smallest absolute Gasteiger partial charge is 0.119 e. The van der Waals surface area contributed by atoms with Crippen LogP contribution < -0.4 is 9.64 Å². The molecule has 1 aliphatic rings. The molecule has 1 fully saturated rings. The van der Waals surface area contributed by atoms with Crippen molar-refractivity contribution in [3.63, 3.8) is 0 Å². The Kier molecular flexibility index (Phi) is 3.70. The van der Waals surface area contributed by atoms with Crippen molar-refractivity contribution < 1.29 is 4.74 Å². The lowest BCUT2D eigenvalue weighted by Gasteiger charge is -2.33. The fourth-order valence-electron chi connectivity index (χ4n) is 2.50. The zero-order chi connectivity index (χ0) is 11.4. The Labute approximate surface area is 98.2 Å². The van der Waals surface area contributed by atoms with Gasteiger partial charge in [-0.2, -0.15) is 0 Å². The molecular formula is C14H21NO. The van der Waals surface area contributed by atoms with Gasteiger partial charge in [0.1, 0.15) is 5.75 Å². The topological polar surface area (TPSA) is 12.5 Å². The van der Waals surface area contributed by atoms with Crippen LogP contribution in [0.2, 0.25) is 0 Å². The molecule has 2 heteroatoms. The number of hydrogen-bond donors (Lipinski definition) is 0. The number of anilines is 1. The van der Waals surface area contributed by atoms with E-state index in [2.05, 4.69) is 24.1 Å². The van der Waals surface area contributed by atoms with Crippen LogP contribution in [-0.2, 0) is 0 Å². The van der Waals surface area contributed by atoms with Gasteiger partial charge in [-0.05, 0) is 37.1 Å². The van der Waals surface area contributed by atoms with E-state index < -0.39 is 0 Å². The summed E-state index contributed by atoms with van der Waals surface area (Å²) in [6.07, 6.45) is 6.84. The molecule has 2 rings (SSSR count). The van der Waals surface area contributed by atoms with Gasteiger partial charge in [-0.3, -0.25) is 0 Å². The van der Waals surface area contributed by atoms with Crippen LogP contribution in [0, 0.1) is 0 Å². The summed E-state index contributed by atoms with van der Waals surface area (Å²) in [5.74, 6) is 0.931. The fraction of sp³-hybridized carbons (Fsp3) is 0.571. The molecule has 0 amide bonds. The molecule has 0 spiro atoms. The Bertz CT molecular complexity index is 314. The molecule has 0 atom stereocenters. The number of ether oxygens (including phenoxy) is 1. The van der Waals surface area contributed by atoms with Gasteiger partial charge in [0.2, 0.25) is 0 Å². The van der Waals surface area contributed by atoms with Gasteiger partial charge in [-0.15, -0.1) is 0 Å². The monoisotopic (exact) mass is 219 g/mol. The van der Waals surface area contributed by atoms with Crippen LogP contribution in [0.3, 0.4) is 0 Å². The molecular weight excluding hydrogens is 198 g/mol. The summed E-state index contributed by atoms with van der Waals surface area (Å²) < 4.78 is 5.18. The summed E-state index contributed by atoms with van der Waals surface area (Å²) in [6, 6.07) is 9.09. The van der Waals surface area contributed by atoms with Crippen LogP contribution >= 0.6 is 0 Å². The van der Waals surface area contributed by atoms with E-state index in [9.17, 15) is 0 Å². The van der Waals surface area contributed by atoms with Crippen molar-refractivity contribution in [1.82, 2.24) is 0 Å². The molecule has 16 heavy (non-hydrogen) atoms. The number of hydrogen-bond acceptors (Lipinski definition) is 2. The van der Waals surface area contributed by atoms with Crippen LogP contribution in [0.4, 0.5) is 5.69 Å². The zero-order valence-corrected chi connectivity index (χ0v) is 10.3. The molecule has 2 nitrogen and oxygen atoms in total. The minimum Gasteiger partial charge on any atom is -0.497 e. The van der Waals surface area contributed by atoms with E-state index in [1.165, 1.54) is 37.8 Å². The Hall–Kier alpha value is -1.18. The first-order chi connectivity index (χ1) is 7.81. The normalized spacial score (nSPS) is 17.1. The molecule has 0 aliphatic heterocycles. The highest BCUT2D eigenvalue weighted by Crippen LogP contribution is 2.27. The standard InChI is InChI=1S/C14H21NO/c1-15(12-6-4-3-5-7-12)13-8-10-14(16-2)11-9-13/h8-12H,3-7H2,1-2H3. The van der Waals surface area contributed by atoms with Gasteiger partial charge in [0.05, 0.1) is 7.11 Å². The second-order valence-electron chi connectivity index (χ2n) is 4.60. The predicted molar refractivity (Wildman–Crippen MR) is 68.3 cm³/mol. The summed E-state index contributed by atoms with van der Waals surface area (Å²) in [7, 11) is 3.91. The number of benzene rings is 1. The van der Waals surface area contributed by atoms with Gasteiger partial charge < -0.3 is 9.64 Å². The summed E-state index contributed by atoms with van der Waals surface area (Å²) in [6.45, 7) is 0. The minimum atomic E-state index is 0.724. The lowest BCUT2D eigenvalue weighted by atomic mass is 9.94. The van der Waals surface area contributed by atoms with E-state index in [1.54, 1.807) is 7.11 Å². The summed E-state index contributed by atoms with van der Waals surface area (Å²) in [5.41, 5.74) is 1.30. The second kappa shape index (κ2) is 5.24. The third-order valence-corrected chi connectivity index (χ3v) is 3.60. The lowest BCUT2D eigenvalue weighted by molar-refractivity contribution is 0.414. The molecule has 0 saturated heterocycles. The van der Waals surface area contributed by atoms with E-state index in [0.29, 0.717) is 0 Å². The van der Waals surface area contributed by atoms with Crippen molar-refractivity contribution in [2.75, 3.05) is 19.1 Å². The van der Waals surface area contributed by atoms with Gasteiger partial charge in [0.25, 0.3) is 0 Å². The van der Waals surface area contributed by atoms with Gasteiger partial charge in [-0.1, -0.05) is 19.3 Å². The lowest BCUT2D eigenvalue weighted by Crippen LogP contribution is -2.33. The van der Waals surface area contributed by atoms with Gasteiger partial charge in [-0.25, -0.2) is 0 Å². The van der Waals surface area contributed by atoms with Gasteiger partial charge in [0, 0.05) is 18.8 Å². The van der Waals surface area contributed by atoms with Crippen LogP contribution in [0.1, 0.15) is 32.1 Å². The molecule has 0 N–H and O–H groups in total. The second-order valence-corrected chi connectivity index (χ2v) is 4.60. The van der Waals surface area contributed by atoms with Crippen molar-refractivity contribution in [2.45, 2.75) is 38.1 Å². The average molecular weight is 219 g/mol. The number of methoxy groups -OCH3 is 1. The minimum absolute atomic E-state index is 0.724. The van der Waals surface area contributed by atoms with Crippen molar-refractivity contribution in [2.24, 2.45) is 0 Å². The molecule has 0 unspecified atom stereocenters. The van der Waals surface area contributed by atoms with Crippen LogP contribution in [-0.4, -0.2) is 20.2 Å². The molecule has 0 radical (unpaired) electrons. The molecule has 88 valence electrons. The average Bonchev–Trinajstić information content (AvgIpc) is 2.39. The number of rotatable bonds is 3. The Morgan fingerprint density at radius 1 is 1.06 bits per heavy atom.